The fourth-order valence-corrected chi connectivity index (χ4v) is 2.44. The highest BCUT2D eigenvalue weighted by Gasteiger charge is 2.09. The first-order valence-corrected chi connectivity index (χ1v) is 7.73. The van der Waals surface area contributed by atoms with Crippen molar-refractivity contribution in [3.05, 3.63) is 36.0 Å². The van der Waals surface area contributed by atoms with Gasteiger partial charge in [0.1, 0.15) is 5.75 Å². The average Bonchev–Trinajstić information content (AvgIpc) is 2.47. The zero-order valence-electron chi connectivity index (χ0n) is 12.9. The predicted molar refractivity (Wildman–Crippen MR) is 85.3 cm³/mol. The smallest absolute Gasteiger partial charge is 0.141 e. The molecular weight excluding hydrogens is 246 g/mol. The Kier molecular flexibility index (Phi) is 5.40. The van der Waals surface area contributed by atoms with E-state index < -0.39 is 0 Å². The van der Waals surface area contributed by atoms with Gasteiger partial charge in [0.05, 0.1) is 17.8 Å². The number of pyridine rings is 1. The summed E-state index contributed by atoms with van der Waals surface area (Å²) in [7, 11) is 0. The lowest BCUT2D eigenvalue weighted by Crippen LogP contribution is -2.12. The topological polar surface area (TPSA) is 22.1 Å². The minimum atomic E-state index is 0.654. The summed E-state index contributed by atoms with van der Waals surface area (Å²) in [6.45, 7) is 7.31. The minimum absolute atomic E-state index is 0.654. The summed E-state index contributed by atoms with van der Waals surface area (Å²) in [5.74, 6) is 1.58. The first kappa shape index (κ1) is 14.8. The Morgan fingerprint density at radius 1 is 1.20 bits per heavy atom. The van der Waals surface area contributed by atoms with Crippen LogP contribution in [0.25, 0.3) is 10.9 Å². The van der Waals surface area contributed by atoms with Gasteiger partial charge in [-0.05, 0) is 31.4 Å². The Balaban J connectivity index is 2.07. The molecule has 0 aliphatic heterocycles. The molecular formula is C18H25NO. The Bertz CT molecular complexity index is 550. The Labute approximate surface area is 122 Å². The van der Waals surface area contributed by atoms with Crippen LogP contribution in [0.2, 0.25) is 0 Å². The molecule has 108 valence electrons. The maximum atomic E-state index is 6.03. The zero-order chi connectivity index (χ0) is 14.4. The number of nitrogens with zero attached hydrogens (tertiary/aromatic N) is 1. The van der Waals surface area contributed by atoms with Crippen LogP contribution in [0.4, 0.5) is 0 Å². The van der Waals surface area contributed by atoms with Gasteiger partial charge in [0.15, 0.2) is 0 Å². The van der Waals surface area contributed by atoms with Gasteiger partial charge < -0.3 is 4.74 Å². The summed E-state index contributed by atoms with van der Waals surface area (Å²) < 4.78 is 6.03. The third-order valence-electron chi connectivity index (χ3n) is 3.89. The number of benzene rings is 1. The van der Waals surface area contributed by atoms with E-state index in [4.69, 9.17) is 4.74 Å². The molecule has 0 amide bonds. The number of aromatic nitrogens is 1. The molecule has 1 unspecified atom stereocenters. The van der Waals surface area contributed by atoms with E-state index in [1.54, 1.807) is 0 Å². The van der Waals surface area contributed by atoms with E-state index in [9.17, 15) is 0 Å². The third kappa shape index (κ3) is 3.72. The largest absolute Gasteiger partial charge is 0.491 e. The molecule has 2 aromatic rings. The fourth-order valence-electron chi connectivity index (χ4n) is 2.44. The molecule has 0 N–H and O–H groups in total. The molecule has 1 heterocycles. The predicted octanol–water partition coefficient (Wildman–Crippen LogP) is 5.14. The molecule has 0 aliphatic carbocycles. The first-order valence-electron chi connectivity index (χ1n) is 7.73. The van der Waals surface area contributed by atoms with Crippen molar-refractivity contribution in [2.75, 3.05) is 6.61 Å². The summed E-state index contributed by atoms with van der Waals surface area (Å²) in [5, 5.41) is 1.15. The molecule has 0 spiro atoms. The molecule has 2 heteroatoms. The summed E-state index contributed by atoms with van der Waals surface area (Å²) in [5.41, 5.74) is 2.02. The van der Waals surface area contributed by atoms with Crippen molar-refractivity contribution in [1.82, 2.24) is 4.98 Å². The van der Waals surface area contributed by atoms with Crippen LogP contribution in [0.3, 0.4) is 0 Å². The standard InChI is InChI=1S/C18H25NO/c1-4-6-9-15(5-2)13-20-18-12-16-10-7-8-11-17(16)19-14(18)3/h7-8,10-12,15H,4-6,9,13H2,1-3H3. The number of para-hydroxylation sites is 1. The highest BCUT2D eigenvalue weighted by atomic mass is 16.5. The van der Waals surface area contributed by atoms with Crippen molar-refractivity contribution in [3.8, 4) is 5.75 Å². The quantitative estimate of drug-likeness (QED) is 0.695. The Hall–Kier alpha value is -1.57. The molecule has 2 nitrogen and oxygen atoms in total. The van der Waals surface area contributed by atoms with Crippen LogP contribution in [0, 0.1) is 12.8 Å². The molecule has 1 atom stereocenters. The lowest BCUT2D eigenvalue weighted by Gasteiger charge is -2.16. The van der Waals surface area contributed by atoms with Crippen molar-refractivity contribution < 1.29 is 4.74 Å². The normalized spacial score (nSPS) is 12.6. The first-order chi connectivity index (χ1) is 9.74. The average molecular weight is 271 g/mol. The number of hydrogen-bond acceptors (Lipinski definition) is 2. The Morgan fingerprint density at radius 3 is 2.75 bits per heavy atom. The van der Waals surface area contributed by atoms with E-state index >= 15 is 0 Å². The van der Waals surface area contributed by atoms with Gasteiger partial charge in [-0.1, -0.05) is 51.3 Å². The van der Waals surface area contributed by atoms with Crippen LogP contribution in [-0.4, -0.2) is 11.6 Å². The summed E-state index contributed by atoms with van der Waals surface area (Å²) in [6, 6.07) is 10.3. The van der Waals surface area contributed by atoms with Gasteiger partial charge in [-0.3, -0.25) is 0 Å². The van der Waals surface area contributed by atoms with Gasteiger partial charge in [-0.25, -0.2) is 4.98 Å². The lowest BCUT2D eigenvalue weighted by atomic mass is 10.0. The van der Waals surface area contributed by atoms with E-state index in [1.807, 2.05) is 25.1 Å². The summed E-state index contributed by atoms with van der Waals surface area (Å²) in [6.07, 6.45) is 4.98. The summed E-state index contributed by atoms with van der Waals surface area (Å²) in [4.78, 5) is 4.62. The van der Waals surface area contributed by atoms with E-state index in [-0.39, 0.29) is 0 Å². The van der Waals surface area contributed by atoms with Crippen molar-refractivity contribution in [3.63, 3.8) is 0 Å². The SMILES string of the molecule is CCCCC(CC)COc1cc2ccccc2nc1C. The third-order valence-corrected chi connectivity index (χ3v) is 3.89. The van der Waals surface area contributed by atoms with Gasteiger partial charge in [-0.2, -0.15) is 0 Å². The van der Waals surface area contributed by atoms with Crippen LogP contribution in [0.5, 0.6) is 5.75 Å². The number of hydrogen-bond donors (Lipinski definition) is 0. The van der Waals surface area contributed by atoms with Crippen molar-refractivity contribution >= 4 is 10.9 Å². The molecule has 0 aliphatic rings. The van der Waals surface area contributed by atoms with E-state index in [2.05, 4.69) is 31.0 Å². The van der Waals surface area contributed by atoms with Crippen LogP contribution in [-0.2, 0) is 0 Å². The second-order valence-corrected chi connectivity index (χ2v) is 5.49. The van der Waals surface area contributed by atoms with E-state index in [1.165, 1.54) is 25.7 Å². The lowest BCUT2D eigenvalue weighted by molar-refractivity contribution is 0.231. The molecule has 0 saturated heterocycles. The van der Waals surface area contributed by atoms with Crippen LogP contribution in [0.1, 0.15) is 45.2 Å². The van der Waals surface area contributed by atoms with Crippen LogP contribution >= 0.6 is 0 Å². The molecule has 2 rings (SSSR count). The molecule has 0 fully saturated rings. The second kappa shape index (κ2) is 7.28. The second-order valence-electron chi connectivity index (χ2n) is 5.49. The maximum absolute atomic E-state index is 6.03. The highest BCUT2D eigenvalue weighted by Crippen LogP contribution is 2.24. The number of ether oxygens (including phenoxy) is 1. The van der Waals surface area contributed by atoms with Gasteiger partial charge in [-0.15, -0.1) is 0 Å². The van der Waals surface area contributed by atoms with Crippen molar-refractivity contribution in [2.45, 2.75) is 46.5 Å². The molecule has 0 radical (unpaired) electrons. The van der Waals surface area contributed by atoms with E-state index in [0.717, 1.165) is 29.0 Å². The number of aryl methyl sites for hydroxylation is 1. The van der Waals surface area contributed by atoms with Crippen molar-refractivity contribution in [1.29, 1.82) is 0 Å². The number of rotatable bonds is 7. The highest BCUT2D eigenvalue weighted by molar-refractivity contribution is 5.80. The minimum Gasteiger partial charge on any atom is -0.491 e. The molecule has 20 heavy (non-hydrogen) atoms. The van der Waals surface area contributed by atoms with Gasteiger partial charge in [0.25, 0.3) is 0 Å². The van der Waals surface area contributed by atoms with Gasteiger partial charge in [0.2, 0.25) is 0 Å². The zero-order valence-corrected chi connectivity index (χ0v) is 12.9. The number of fused-ring (bicyclic) bond motifs is 1. The van der Waals surface area contributed by atoms with Crippen LogP contribution in [0.15, 0.2) is 30.3 Å². The molecule has 1 aromatic heterocycles. The van der Waals surface area contributed by atoms with E-state index in [0.29, 0.717) is 5.92 Å². The molecule has 1 aromatic carbocycles. The monoisotopic (exact) mass is 271 g/mol. The van der Waals surface area contributed by atoms with Crippen molar-refractivity contribution in [2.24, 2.45) is 5.92 Å². The maximum Gasteiger partial charge on any atom is 0.141 e. The van der Waals surface area contributed by atoms with Gasteiger partial charge >= 0.3 is 0 Å². The fraction of sp³-hybridized carbons (Fsp3) is 0.500. The molecule has 0 saturated carbocycles. The molecule has 0 bridgehead atoms. The number of unbranched alkanes of at least 4 members (excludes halogenated alkanes) is 1. The summed E-state index contributed by atoms with van der Waals surface area (Å²) >= 11 is 0. The van der Waals surface area contributed by atoms with Gasteiger partial charge in [0, 0.05) is 5.39 Å². The Morgan fingerprint density at radius 2 is 2.00 bits per heavy atom. The van der Waals surface area contributed by atoms with Crippen LogP contribution < -0.4 is 4.74 Å².